The summed E-state index contributed by atoms with van der Waals surface area (Å²) in [6.07, 6.45) is 2.73. The summed E-state index contributed by atoms with van der Waals surface area (Å²) in [5.74, 6) is -0.225. The van der Waals surface area contributed by atoms with Crippen molar-refractivity contribution in [3.05, 3.63) is 52.0 Å². The van der Waals surface area contributed by atoms with Gasteiger partial charge in [0.15, 0.2) is 11.6 Å². The molecule has 0 radical (unpaired) electrons. The summed E-state index contributed by atoms with van der Waals surface area (Å²) in [5, 5.41) is 12.4. The van der Waals surface area contributed by atoms with E-state index in [-0.39, 0.29) is 30.9 Å². The van der Waals surface area contributed by atoms with E-state index in [4.69, 9.17) is 9.47 Å². The molecule has 6 nitrogen and oxygen atoms in total. The lowest BCUT2D eigenvalue weighted by atomic mass is 10.0. The third-order valence-corrected chi connectivity index (χ3v) is 6.92. The van der Waals surface area contributed by atoms with E-state index in [1.165, 1.54) is 10.9 Å². The highest BCUT2D eigenvalue weighted by atomic mass is 32.1. The molecule has 182 valence electrons. The van der Waals surface area contributed by atoms with Crippen molar-refractivity contribution in [3.63, 3.8) is 0 Å². The maximum absolute atomic E-state index is 14.1. The smallest absolute Gasteiger partial charge is 0.237 e. The van der Waals surface area contributed by atoms with Gasteiger partial charge in [0.1, 0.15) is 6.61 Å². The van der Waals surface area contributed by atoms with E-state index in [1.54, 1.807) is 36.6 Å². The van der Waals surface area contributed by atoms with Gasteiger partial charge in [0.05, 0.1) is 18.7 Å². The van der Waals surface area contributed by atoms with Crippen LogP contribution >= 0.6 is 11.3 Å². The number of fused-ring (bicyclic) bond motifs is 1. The van der Waals surface area contributed by atoms with Crippen molar-refractivity contribution < 1.29 is 23.8 Å². The van der Waals surface area contributed by atoms with Crippen LogP contribution in [-0.4, -0.2) is 73.4 Å². The second kappa shape index (κ2) is 13.0. The molecule has 2 heterocycles. The Balaban J connectivity index is 1.71. The number of para-hydroxylation sites is 1. The first-order valence-electron chi connectivity index (χ1n) is 11.7. The van der Waals surface area contributed by atoms with E-state index < -0.39 is 11.9 Å². The fraction of sp³-hybridized carbons (Fsp3) is 0.560. The largest absolute Gasteiger partial charge is 0.488 e. The number of hydrogen-bond donors (Lipinski definition) is 1. The molecule has 1 aromatic carbocycles. The van der Waals surface area contributed by atoms with Crippen LogP contribution in [0.2, 0.25) is 0 Å². The number of hydrogen-bond acceptors (Lipinski definition) is 6. The number of halogens is 1. The van der Waals surface area contributed by atoms with Gasteiger partial charge in [0.25, 0.3) is 0 Å². The minimum atomic E-state index is -0.463. The average Bonchev–Trinajstić information content (AvgIpc) is 3.27. The second-order valence-electron chi connectivity index (χ2n) is 8.42. The minimum Gasteiger partial charge on any atom is -0.488 e. The van der Waals surface area contributed by atoms with Gasteiger partial charge in [-0.3, -0.25) is 9.69 Å². The predicted molar refractivity (Wildman–Crippen MR) is 128 cm³/mol. The molecule has 0 bridgehead atoms. The van der Waals surface area contributed by atoms with Gasteiger partial charge in [-0.05, 0) is 48.4 Å². The lowest BCUT2D eigenvalue weighted by molar-refractivity contribution is -0.136. The van der Waals surface area contributed by atoms with E-state index in [0.29, 0.717) is 32.7 Å². The molecule has 0 aliphatic carbocycles. The number of carbonyl (C=O) groups is 1. The maximum atomic E-state index is 14.1. The lowest BCUT2D eigenvalue weighted by Gasteiger charge is -2.37. The number of aliphatic hydroxyl groups is 1. The number of rotatable bonds is 13. The quantitative estimate of drug-likeness (QED) is 0.443. The summed E-state index contributed by atoms with van der Waals surface area (Å²) >= 11 is 1.68. The van der Waals surface area contributed by atoms with Crippen molar-refractivity contribution in [2.45, 2.75) is 44.8 Å². The zero-order chi connectivity index (χ0) is 23.6. The van der Waals surface area contributed by atoms with Gasteiger partial charge in [-0.2, -0.15) is 0 Å². The Labute approximate surface area is 199 Å². The van der Waals surface area contributed by atoms with E-state index in [2.05, 4.69) is 0 Å². The van der Waals surface area contributed by atoms with Gasteiger partial charge in [-0.25, -0.2) is 4.39 Å². The third-order valence-electron chi connectivity index (χ3n) is 5.92. The molecule has 1 aliphatic rings. The van der Waals surface area contributed by atoms with Gasteiger partial charge in [0.2, 0.25) is 5.91 Å². The topological polar surface area (TPSA) is 62.2 Å². The van der Waals surface area contributed by atoms with Crippen molar-refractivity contribution >= 4 is 17.2 Å². The number of aliphatic hydroxyl groups excluding tert-OH is 1. The van der Waals surface area contributed by atoms with E-state index >= 15 is 0 Å². The van der Waals surface area contributed by atoms with Crippen molar-refractivity contribution in [2.24, 2.45) is 0 Å². The standard InChI is InChI=1S/C25H35FN2O4S/c1-3-7-19(29)16-27(12-6-14-31-2)17-25(30)28-13-10-24-20(11-15-33-24)22(28)18-32-23-9-5-4-8-21(23)26/h4-5,8-9,11,15,19,22,29H,3,6-7,10,12-14,16-18H2,1-2H3/t19-,22+/m1/s1. The van der Waals surface area contributed by atoms with Crippen LogP contribution in [-0.2, 0) is 16.0 Å². The molecule has 1 N–H and O–H groups in total. The summed E-state index contributed by atoms with van der Waals surface area (Å²) in [7, 11) is 1.66. The summed E-state index contributed by atoms with van der Waals surface area (Å²) in [6.45, 7) is 4.79. The highest BCUT2D eigenvalue weighted by Crippen LogP contribution is 2.34. The number of benzene rings is 1. The second-order valence-corrected chi connectivity index (χ2v) is 9.42. The minimum absolute atomic E-state index is 0.00454. The molecule has 1 amide bonds. The first-order valence-corrected chi connectivity index (χ1v) is 12.5. The highest BCUT2D eigenvalue weighted by Gasteiger charge is 2.33. The Morgan fingerprint density at radius 2 is 2.18 bits per heavy atom. The molecule has 8 heteroatoms. The molecule has 0 saturated carbocycles. The summed E-state index contributed by atoms with van der Waals surface area (Å²) in [4.78, 5) is 18.6. The van der Waals surface area contributed by atoms with Gasteiger partial charge >= 0.3 is 0 Å². The number of nitrogens with zero attached hydrogens (tertiary/aromatic N) is 2. The van der Waals surface area contributed by atoms with Crippen LogP contribution < -0.4 is 4.74 Å². The van der Waals surface area contributed by atoms with Gasteiger partial charge in [-0.15, -0.1) is 11.3 Å². The zero-order valence-corrected chi connectivity index (χ0v) is 20.4. The molecule has 0 fully saturated rings. The van der Waals surface area contributed by atoms with Crippen molar-refractivity contribution in [2.75, 3.05) is 46.5 Å². The van der Waals surface area contributed by atoms with Crippen molar-refractivity contribution in [3.8, 4) is 5.75 Å². The van der Waals surface area contributed by atoms with E-state index in [0.717, 1.165) is 24.8 Å². The molecule has 33 heavy (non-hydrogen) atoms. The Morgan fingerprint density at radius 1 is 1.36 bits per heavy atom. The molecule has 0 saturated heterocycles. The van der Waals surface area contributed by atoms with Crippen molar-refractivity contribution in [1.82, 2.24) is 9.80 Å². The molecule has 1 aromatic heterocycles. The fourth-order valence-corrected chi connectivity index (χ4v) is 5.21. The molecule has 2 atom stereocenters. The number of amides is 1. The van der Waals surface area contributed by atoms with Gasteiger partial charge in [0, 0.05) is 38.2 Å². The lowest BCUT2D eigenvalue weighted by Crippen LogP contribution is -2.48. The maximum Gasteiger partial charge on any atom is 0.237 e. The number of methoxy groups -OCH3 is 1. The Morgan fingerprint density at radius 3 is 2.94 bits per heavy atom. The Bertz CT molecular complexity index is 878. The number of carbonyl (C=O) groups excluding carboxylic acids is 1. The van der Waals surface area contributed by atoms with Crippen LogP contribution in [0.3, 0.4) is 0 Å². The molecule has 3 rings (SSSR count). The SMILES string of the molecule is CCC[C@@H](O)CN(CCCOC)CC(=O)N1CCc2sccc2[C@@H]1COc1ccccc1F. The molecule has 2 aromatic rings. The van der Waals surface area contributed by atoms with Crippen molar-refractivity contribution in [1.29, 1.82) is 0 Å². The predicted octanol–water partition coefficient (Wildman–Crippen LogP) is 3.89. The summed E-state index contributed by atoms with van der Waals surface area (Å²) < 4.78 is 25.1. The third kappa shape index (κ3) is 7.24. The monoisotopic (exact) mass is 478 g/mol. The van der Waals surface area contributed by atoms with E-state index in [9.17, 15) is 14.3 Å². The fourth-order valence-electron chi connectivity index (χ4n) is 4.28. The first-order chi connectivity index (χ1) is 16.0. The van der Waals surface area contributed by atoms with E-state index in [1.807, 2.05) is 28.2 Å². The summed E-state index contributed by atoms with van der Waals surface area (Å²) in [5.41, 5.74) is 1.08. The van der Waals surface area contributed by atoms with Crippen LogP contribution in [0.15, 0.2) is 35.7 Å². The van der Waals surface area contributed by atoms with Crippen LogP contribution in [0.4, 0.5) is 4.39 Å². The summed E-state index contributed by atoms with van der Waals surface area (Å²) in [6, 6.07) is 8.10. The molecule has 0 spiro atoms. The average molecular weight is 479 g/mol. The Kier molecular flexibility index (Phi) is 10.1. The molecular weight excluding hydrogens is 443 g/mol. The van der Waals surface area contributed by atoms with Crippen LogP contribution in [0.5, 0.6) is 5.75 Å². The molecule has 0 unspecified atom stereocenters. The highest BCUT2D eigenvalue weighted by molar-refractivity contribution is 7.10. The van der Waals surface area contributed by atoms with Gasteiger partial charge < -0.3 is 19.5 Å². The van der Waals surface area contributed by atoms with Gasteiger partial charge in [-0.1, -0.05) is 25.5 Å². The first kappa shape index (κ1) is 25.6. The Hall–Kier alpha value is -2.00. The zero-order valence-electron chi connectivity index (χ0n) is 19.5. The molecular formula is C25H35FN2O4S. The van der Waals surface area contributed by atoms with Crippen LogP contribution in [0.1, 0.15) is 42.7 Å². The van der Waals surface area contributed by atoms with Crippen LogP contribution in [0, 0.1) is 5.82 Å². The number of thiophene rings is 1. The number of ether oxygens (including phenoxy) is 2. The normalized spacial score (nSPS) is 16.6. The molecule has 1 aliphatic heterocycles. The van der Waals surface area contributed by atoms with Crippen LogP contribution in [0.25, 0.3) is 0 Å².